The lowest BCUT2D eigenvalue weighted by atomic mass is 10.1. The van der Waals surface area contributed by atoms with E-state index in [-0.39, 0.29) is 11.6 Å². The molecule has 2 aromatic rings. The van der Waals surface area contributed by atoms with Crippen molar-refractivity contribution in [3.05, 3.63) is 39.8 Å². The number of carboxylic acid groups (broad SMARTS) is 1. The molecule has 0 saturated heterocycles. The lowest BCUT2D eigenvalue weighted by molar-refractivity contribution is -0.121. The van der Waals surface area contributed by atoms with E-state index in [0.717, 1.165) is 5.56 Å². The summed E-state index contributed by atoms with van der Waals surface area (Å²) in [5, 5.41) is 13.8. The average molecular weight is 364 g/mol. The van der Waals surface area contributed by atoms with Gasteiger partial charge in [-0.25, -0.2) is 9.78 Å². The maximum Gasteiger partial charge on any atom is 0.355 e. The highest BCUT2D eigenvalue weighted by Crippen LogP contribution is 2.23. The molecule has 0 saturated carbocycles. The van der Waals surface area contributed by atoms with Gasteiger partial charge in [-0.2, -0.15) is 0 Å². The van der Waals surface area contributed by atoms with Crippen molar-refractivity contribution in [3.8, 4) is 11.5 Å². The Balaban J connectivity index is 1.77. The number of methoxy groups -OCH3 is 2. The van der Waals surface area contributed by atoms with Crippen LogP contribution in [0.25, 0.3) is 0 Å². The first-order valence-electron chi connectivity index (χ1n) is 7.68. The monoisotopic (exact) mass is 364 g/mol. The van der Waals surface area contributed by atoms with Gasteiger partial charge < -0.3 is 19.9 Å². The third kappa shape index (κ3) is 5.75. The van der Waals surface area contributed by atoms with E-state index in [0.29, 0.717) is 42.3 Å². The second kappa shape index (κ2) is 9.03. The summed E-state index contributed by atoms with van der Waals surface area (Å²) in [6.07, 6.45) is 1.42. The SMILES string of the molecule is COc1cc(CCC(=O)NCCc2nc(C(=O)O)cs2)cc(OC)c1. The van der Waals surface area contributed by atoms with Crippen LogP contribution in [0.1, 0.15) is 27.5 Å². The zero-order chi connectivity index (χ0) is 18.2. The number of amides is 1. The molecule has 134 valence electrons. The highest BCUT2D eigenvalue weighted by molar-refractivity contribution is 7.09. The normalized spacial score (nSPS) is 10.3. The number of hydrogen-bond donors (Lipinski definition) is 2. The first kappa shape index (κ1) is 18.7. The van der Waals surface area contributed by atoms with Crippen LogP contribution in [0.4, 0.5) is 0 Å². The number of carbonyl (C=O) groups excluding carboxylic acids is 1. The van der Waals surface area contributed by atoms with Crippen LogP contribution in [0.2, 0.25) is 0 Å². The number of ether oxygens (including phenoxy) is 2. The molecule has 0 unspecified atom stereocenters. The Morgan fingerprint density at radius 3 is 2.40 bits per heavy atom. The van der Waals surface area contributed by atoms with E-state index >= 15 is 0 Å². The van der Waals surface area contributed by atoms with Crippen LogP contribution >= 0.6 is 11.3 Å². The molecular formula is C17H20N2O5S. The summed E-state index contributed by atoms with van der Waals surface area (Å²) in [4.78, 5) is 26.7. The molecule has 0 fully saturated rings. The number of rotatable bonds is 9. The average Bonchev–Trinajstić information content (AvgIpc) is 3.08. The van der Waals surface area contributed by atoms with Gasteiger partial charge in [0, 0.05) is 30.8 Å². The lowest BCUT2D eigenvalue weighted by Crippen LogP contribution is -2.25. The Labute approximate surface area is 149 Å². The summed E-state index contributed by atoms with van der Waals surface area (Å²) >= 11 is 1.28. The number of aromatic carboxylic acids is 1. The van der Waals surface area contributed by atoms with Gasteiger partial charge in [0.2, 0.25) is 5.91 Å². The number of carboxylic acids is 1. The summed E-state index contributed by atoms with van der Waals surface area (Å²) in [5.74, 6) is 0.262. The molecule has 0 aliphatic heterocycles. The molecule has 1 amide bonds. The predicted octanol–water partition coefficient (Wildman–Crippen LogP) is 2.15. The van der Waals surface area contributed by atoms with Crippen LogP contribution < -0.4 is 14.8 Å². The zero-order valence-electron chi connectivity index (χ0n) is 14.1. The van der Waals surface area contributed by atoms with Crippen LogP contribution in [0.3, 0.4) is 0 Å². The molecule has 1 aromatic heterocycles. The fourth-order valence-corrected chi connectivity index (χ4v) is 2.96. The molecule has 0 aliphatic carbocycles. The Bertz CT molecular complexity index is 722. The fraction of sp³-hybridized carbons (Fsp3) is 0.353. The molecule has 7 nitrogen and oxygen atoms in total. The predicted molar refractivity (Wildman–Crippen MR) is 93.7 cm³/mol. The third-order valence-electron chi connectivity index (χ3n) is 3.48. The van der Waals surface area contributed by atoms with Gasteiger partial charge in [0.15, 0.2) is 5.69 Å². The van der Waals surface area contributed by atoms with Crippen molar-refractivity contribution in [3.63, 3.8) is 0 Å². The minimum atomic E-state index is -1.04. The van der Waals surface area contributed by atoms with Crippen molar-refractivity contribution < 1.29 is 24.2 Å². The number of nitrogens with one attached hydrogen (secondary N) is 1. The molecule has 0 bridgehead atoms. The van der Waals surface area contributed by atoms with E-state index in [2.05, 4.69) is 10.3 Å². The molecule has 2 N–H and O–H groups in total. The molecule has 1 aromatic carbocycles. The number of aryl methyl sites for hydroxylation is 1. The van der Waals surface area contributed by atoms with Crippen molar-refractivity contribution in [2.45, 2.75) is 19.3 Å². The Morgan fingerprint density at radius 2 is 1.84 bits per heavy atom. The van der Waals surface area contributed by atoms with Gasteiger partial charge in [0.25, 0.3) is 0 Å². The van der Waals surface area contributed by atoms with Crippen LogP contribution in [0, 0.1) is 0 Å². The van der Waals surface area contributed by atoms with E-state index in [1.165, 1.54) is 16.7 Å². The van der Waals surface area contributed by atoms with Gasteiger partial charge in [-0.05, 0) is 24.1 Å². The molecule has 0 atom stereocenters. The largest absolute Gasteiger partial charge is 0.497 e. The Morgan fingerprint density at radius 1 is 1.16 bits per heavy atom. The first-order chi connectivity index (χ1) is 12.0. The second-order valence-electron chi connectivity index (χ2n) is 5.25. The zero-order valence-corrected chi connectivity index (χ0v) is 14.9. The van der Waals surface area contributed by atoms with Gasteiger partial charge in [-0.15, -0.1) is 11.3 Å². The summed E-state index contributed by atoms with van der Waals surface area (Å²) in [6, 6.07) is 5.53. The van der Waals surface area contributed by atoms with Gasteiger partial charge >= 0.3 is 5.97 Å². The molecular weight excluding hydrogens is 344 g/mol. The summed E-state index contributed by atoms with van der Waals surface area (Å²) in [6.45, 7) is 0.423. The minimum Gasteiger partial charge on any atom is -0.497 e. The van der Waals surface area contributed by atoms with Crippen LogP contribution in [-0.4, -0.2) is 42.7 Å². The van der Waals surface area contributed by atoms with Crippen molar-refractivity contribution in [2.24, 2.45) is 0 Å². The Hall–Kier alpha value is -2.61. The quantitative estimate of drug-likeness (QED) is 0.707. The number of hydrogen-bond acceptors (Lipinski definition) is 6. The fourth-order valence-electron chi connectivity index (χ4n) is 2.19. The highest BCUT2D eigenvalue weighted by Gasteiger charge is 2.09. The second-order valence-corrected chi connectivity index (χ2v) is 6.20. The van der Waals surface area contributed by atoms with Gasteiger partial charge in [0.1, 0.15) is 11.5 Å². The highest BCUT2D eigenvalue weighted by atomic mass is 32.1. The van der Waals surface area contributed by atoms with Crippen LogP contribution in [-0.2, 0) is 17.6 Å². The Kier molecular flexibility index (Phi) is 6.76. The standard InChI is InChI=1S/C17H20N2O5S/c1-23-12-7-11(8-13(9-12)24-2)3-4-15(20)18-6-5-16-19-14(10-25-16)17(21)22/h7-10H,3-6H2,1-2H3,(H,18,20)(H,21,22). The van der Waals surface area contributed by atoms with Crippen LogP contribution in [0.5, 0.6) is 11.5 Å². The molecule has 0 aliphatic rings. The molecule has 25 heavy (non-hydrogen) atoms. The summed E-state index contributed by atoms with van der Waals surface area (Å²) < 4.78 is 10.4. The molecule has 2 rings (SSSR count). The molecule has 0 radical (unpaired) electrons. The topological polar surface area (TPSA) is 97.8 Å². The van der Waals surface area contributed by atoms with Crippen LogP contribution in [0.15, 0.2) is 23.6 Å². The third-order valence-corrected chi connectivity index (χ3v) is 4.39. The van der Waals surface area contributed by atoms with Crippen molar-refractivity contribution in [2.75, 3.05) is 20.8 Å². The van der Waals surface area contributed by atoms with E-state index in [9.17, 15) is 9.59 Å². The smallest absolute Gasteiger partial charge is 0.355 e. The number of benzene rings is 1. The maximum absolute atomic E-state index is 11.9. The number of thiazole rings is 1. The van der Waals surface area contributed by atoms with Crippen molar-refractivity contribution >= 4 is 23.2 Å². The molecule has 0 spiro atoms. The number of nitrogens with zero attached hydrogens (tertiary/aromatic N) is 1. The van der Waals surface area contributed by atoms with E-state index in [1.807, 2.05) is 12.1 Å². The van der Waals surface area contributed by atoms with E-state index < -0.39 is 5.97 Å². The first-order valence-corrected chi connectivity index (χ1v) is 8.56. The van der Waals surface area contributed by atoms with Gasteiger partial charge in [0.05, 0.1) is 19.2 Å². The van der Waals surface area contributed by atoms with Crippen molar-refractivity contribution in [1.29, 1.82) is 0 Å². The number of carbonyl (C=O) groups is 2. The summed E-state index contributed by atoms with van der Waals surface area (Å²) in [7, 11) is 3.17. The number of aromatic nitrogens is 1. The van der Waals surface area contributed by atoms with Gasteiger partial charge in [-0.1, -0.05) is 0 Å². The van der Waals surface area contributed by atoms with Crippen molar-refractivity contribution in [1.82, 2.24) is 10.3 Å². The molecule has 1 heterocycles. The van der Waals surface area contributed by atoms with E-state index in [4.69, 9.17) is 14.6 Å². The summed E-state index contributed by atoms with van der Waals surface area (Å²) in [5.41, 5.74) is 0.996. The van der Waals surface area contributed by atoms with Gasteiger partial charge in [-0.3, -0.25) is 4.79 Å². The molecule has 8 heteroatoms. The minimum absolute atomic E-state index is 0.0401. The van der Waals surface area contributed by atoms with E-state index in [1.54, 1.807) is 20.3 Å². The maximum atomic E-state index is 11.9. The lowest BCUT2D eigenvalue weighted by Gasteiger charge is -2.08.